The van der Waals surface area contributed by atoms with E-state index in [1.54, 1.807) is 0 Å². The van der Waals surface area contributed by atoms with Gasteiger partial charge in [0.2, 0.25) is 0 Å². The Hall–Kier alpha value is 1.17. The van der Waals surface area contributed by atoms with Crippen molar-refractivity contribution in [1.29, 1.82) is 0 Å². The van der Waals surface area contributed by atoms with Crippen LogP contribution in [-0.4, -0.2) is 5.48 Å². The van der Waals surface area contributed by atoms with Crippen molar-refractivity contribution in [3.63, 3.8) is 0 Å². The molecule has 0 aromatic rings. The first-order chi connectivity index (χ1) is 0. The minimum absolute atomic E-state index is 0. The second-order valence-corrected chi connectivity index (χ2v) is 0. The van der Waals surface area contributed by atoms with Crippen molar-refractivity contribution in [2.75, 3.05) is 0 Å². The number of hydrogen-bond acceptors (Lipinski definition) is 7. The first kappa shape index (κ1) is 1420. The third-order valence-corrected chi connectivity index (χ3v) is 0. The summed E-state index contributed by atoms with van der Waals surface area (Å²) in [4.78, 5) is 0. The van der Waals surface area contributed by atoms with E-state index in [1.807, 2.05) is 0 Å². The van der Waals surface area contributed by atoms with Crippen LogP contribution in [0.15, 0.2) is 0 Å². The van der Waals surface area contributed by atoms with Gasteiger partial charge in [-0.15, -0.1) is 0 Å². The summed E-state index contributed by atoms with van der Waals surface area (Å²) in [6.07, 6.45) is 0. The molecule has 0 amide bonds. The van der Waals surface area contributed by atoms with E-state index in [0.717, 1.165) is 0 Å². The van der Waals surface area contributed by atoms with Gasteiger partial charge in [0.1, 0.15) is 0 Å². The van der Waals surface area contributed by atoms with E-state index in [9.17, 15) is 0 Å². The van der Waals surface area contributed by atoms with Crippen LogP contribution in [0.5, 0.6) is 0 Å². The summed E-state index contributed by atoms with van der Waals surface area (Å²) in [5.41, 5.74) is 0. The molecule has 0 spiro atoms. The predicted molar refractivity (Wildman–Crippen MR) is 38.1 cm³/mol. The molecule has 0 aliphatic heterocycles. The Morgan fingerprint density at radius 2 is 0.417 bits per heavy atom. The Morgan fingerprint density at radius 3 is 0.417 bits per heavy atom. The Morgan fingerprint density at radius 1 is 0.417 bits per heavy atom. The quantitative estimate of drug-likeness (QED) is 0.208. The van der Waals surface area contributed by atoms with Gasteiger partial charge in [0, 0.05) is 0 Å². The average molecular weight is 345 g/mol. The van der Waals surface area contributed by atoms with E-state index < -0.39 is 0 Å². The van der Waals surface area contributed by atoms with Gasteiger partial charge in [0.05, 0.1) is 0 Å². The van der Waals surface area contributed by atoms with Crippen molar-refractivity contribution in [2.45, 2.75) is 0 Å². The molecule has 0 rings (SSSR count). The Balaban J connectivity index is 0. The maximum Gasteiger partial charge on any atom is 3.00 e. The van der Waals surface area contributed by atoms with Crippen molar-refractivity contribution in [2.24, 2.45) is 0 Å². The van der Waals surface area contributed by atoms with Crippen molar-refractivity contribution in [1.82, 2.24) is 43.1 Å². The second kappa shape index (κ2) is 1100. The molecule has 0 aliphatic rings. The first-order valence-electron chi connectivity index (χ1n) is 0. The second-order valence-electron chi connectivity index (χ2n) is 0. The zero-order valence-corrected chi connectivity index (χ0v) is 11.2. The zero-order valence-electron chi connectivity index (χ0n) is 7.18. The summed E-state index contributed by atoms with van der Waals surface area (Å²) in [7, 11) is 0. The van der Waals surface area contributed by atoms with Gasteiger partial charge in [-0.05, 0) is 0 Å². The predicted octanol–water partition coefficient (Wildman–Crippen LogP) is -7.82. The summed E-state index contributed by atoms with van der Waals surface area (Å²) in [5.74, 6) is 0. The molecule has 93 valence electrons. The number of halogens is 3. The van der Waals surface area contributed by atoms with Crippen LogP contribution >= 0.6 is 0 Å². The van der Waals surface area contributed by atoms with E-state index >= 15 is 0 Å². The van der Waals surface area contributed by atoms with Crippen LogP contribution in [0.2, 0.25) is 0 Å². The molecule has 8 nitrogen and oxygen atoms in total. The largest absolute Gasteiger partial charge is 3.00 e. The summed E-state index contributed by atoms with van der Waals surface area (Å²) in [5, 5.41) is 0. The maximum atomic E-state index is 0. The molecule has 0 unspecified atom stereocenters. The smallest absolute Gasteiger partial charge is 1.00 e. The molecule has 12 heteroatoms. The molecule has 0 aromatic heterocycles. The Labute approximate surface area is 105 Å². The molecule has 1 radical (unpaired) electrons. The van der Waals surface area contributed by atoms with E-state index in [0.29, 0.717) is 0 Å². The molecule has 0 heterocycles. The summed E-state index contributed by atoms with van der Waals surface area (Å²) >= 11 is 0. The first-order valence-corrected chi connectivity index (χ1v) is 0. The topological polar surface area (TPSA) is 276 Å². The molecule has 0 bridgehead atoms. The van der Waals surface area contributed by atoms with Crippen LogP contribution in [-0.2, 0) is 19.5 Å². The number of rotatable bonds is 0. The Kier molecular flexibility index (Phi) is 130000. The molecule has 12 heavy (non-hydrogen) atoms. The standard InChI is InChI=1S/3ClH.7H3N.H2O.Ru/h3*1H;7*1H3;1H2;/q;;;;;;;;;;;+3/p-3. The van der Waals surface area contributed by atoms with Crippen LogP contribution < -0.4 is 80.3 Å². The van der Waals surface area contributed by atoms with Gasteiger partial charge in [-0.3, -0.25) is 0 Å². The molecular formula is H23Cl3N7ORu. The van der Waals surface area contributed by atoms with Crippen LogP contribution in [0.1, 0.15) is 0 Å². The molecule has 0 saturated heterocycles. The molecule has 0 aromatic carbocycles. The fraction of sp³-hybridized carbons (Fsp3) is 0. The third-order valence-electron chi connectivity index (χ3n) is 0. The van der Waals surface area contributed by atoms with Gasteiger partial charge >= 0.3 is 19.5 Å². The van der Waals surface area contributed by atoms with Gasteiger partial charge in [-0.1, -0.05) is 0 Å². The molecule has 23 N–H and O–H groups in total. The number of quaternary nitrogens is 1. The minimum Gasteiger partial charge on any atom is -1.00 e. The molecule has 0 fully saturated rings. The van der Waals surface area contributed by atoms with Gasteiger partial charge in [-0.2, -0.15) is 0 Å². The van der Waals surface area contributed by atoms with Gasteiger partial charge in [-0.25, -0.2) is 0 Å². The van der Waals surface area contributed by atoms with Crippen molar-refractivity contribution < 1.29 is 62.2 Å². The zero-order chi connectivity index (χ0) is 0. The van der Waals surface area contributed by atoms with Crippen LogP contribution in [0.3, 0.4) is 0 Å². The molecule has 0 atom stereocenters. The fourth-order valence-corrected chi connectivity index (χ4v) is 0. The average Bonchev–Trinajstić information content (AvgIpc) is 0. The Bertz CT molecular complexity index is 18.6. The van der Waals surface area contributed by atoms with E-state index in [2.05, 4.69) is 0 Å². The fourth-order valence-electron chi connectivity index (χ4n) is 0. The SMILES string of the molecule is N.N.N.N.N.N.[Cl-].[Cl-].[Cl-].[NH4+].[OH-].[Ru+3]. The van der Waals surface area contributed by atoms with E-state index in [4.69, 9.17) is 0 Å². The molecule has 0 saturated carbocycles. The van der Waals surface area contributed by atoms with Gasteiger partial charge < -0.3 is 85.8 Å². The summed E-state index contributed by atoms with van der Waals surface area (Å²) in [6, 6.07) is 0. The van der Waals surface area contributed by atoms with Crippen LogP contribution in [0, 0.1) is 0 Å². The van der Waals surface area contributed by atoms with Gasteiger partial charge in [0.25, 0.3) is 0 Å². The minimum atomic E-state index is 0. The van der Waals surface area contributed by atoms with Crippen LogP contribution in [0.25, 0.3) is 0 Å². The van der Waals surface area contributed by atoms with Crippen molar-refractivity contribution in [3.8, 4) is 0 Å². The number of hydrogen-bond donors (Lipinski definition) is 7. The summed E-state index contributed by atoms with van der Waals surface area (Å²) < 4.78 is 0. The van der Waals surface area contributed by atoms with Gasteiger partial charge in [0.15, 0.2) is 0 Å². The van der Waals surface area contributed by atoms with E-state index in [-0.39, 0.29) is 105 Å². The summed E-state index contributed by atoms with van der Waals surface area (Å²) in [6.45, 7) is 0. The maximum absolute atomic E-state index is 0. The molecular weight excluding hydrogens is 321 g/mol. The van der Waals surface area contributed by atoms with E-state index in [1.165, 1.54) is 0 Å². The van der Waals surface area contributed by atoms with Crippen molar-refractivity contribution >= 4 is 0 Å². The van der Waals surface area contributed by atoms with Crippen molar-refractivity contribution in [3.05, 3.63) is 0 Å². The third kappa shape index (κ3) is 840. The monoisotopic (exact) mass is 344 g/mol. The normalized spacial score (nSPS) is 0. The molecule has 0 aliphatic carbocycles. The van der Waals surface area contributed by atoms with Crippen LogP contribution in [0.4, 0.5) is 0 Å².